The fourth-order valence-corrected chi connectivity index (χ4v) is 1.14. The summed E-state index contributed by atoms with van der Waals surface area (Å²) in [5, 5.41) is 11.2. The second-order valence-corrected chi connectivity index (χ2v) is 2.96. The van der Waals surface area contributed by atoms with E-state index in [-0.39, 0.29) is 0 Å². The Morgan fingerprint density at radius 3 is 2.69 bits per heavy atom. The van der Waals surface area contributed by atoms with E-state index < -0.39 is 0 Å². The van der Waals surface area contributed by atoms with E-state index in [0.29, 0.717) is 0 Å². The Balaban J connectivity index is 3.94. The third-order valence-electron chi connectivity index (χ3n) is 1.81. The predicted octanol–water partition coefficient (Wildman–Crippen LogP) is 3.53. The largest absolute Gasteiger partial charge is 0.411 e. The molecule has 0 aliphatic rings. The van der Waals surface area contributed by atoms with Crippen molar-refractivity contribution in [2.75, 3.05) is 0 Å². The number of unbranched alkanes of at least 4 members (excludes halogenated alkanes) is 2. The average molecular weight is 181 g/mol. The molecule has 0 bridgehead atoms. The molecule has 74 valence electrons. The lowest BCUT2D eigenvalue weighted by molar-refractivity contribution is 0.322. The minimum Gasteiger partial charge on any atom is -0.411 e. The Labute approximate surface area is 80.7 Å². The van der Waals surface area contributed by atoms with Gasteiger partial charge in [-0.2, -0.15) is 0 Å². The van der Waals surface area contributed by atoms with Gasteiger partial charge in [-0.05, 0) is 31.4 Å². The van der Waals surface area contributed by atoms with E-state index >= 15 is 0 Å². The number of hydrogen-bond acceptors (Lipinski definition) is 2. The van der Waals surface area contributed by atoms with Gasteiger partial charge in [0, 0.05) is 0 Å². The van der Waals surface area contributed by atoms with Gasteiger partial charge in [-0.25, -0.2) is 0 Å². The average Bonchev–Trinajstić information content (AvgIpc) is 2.14. The van der Waals surface area contributed by atoms with Gasteiger partial charge in [0.05, 0.1) is 6.21 Å². The molecule has 0 saturated heterocycles. The molecule has 0 aromatic carbocycles. The quantitative estimate of drug-likeness (QED) is 0.219. The summed E-state index contributed by atoms with van der Waals surface area (Å²) in [6.45, 7) is 4.18. The molecule has 0 aromatic rings. The molecule has 0 amide bonds. The summed E-state index contributed by atoms with van der Waals surface area (Å²) in [6, 6.07) is 0. The summed E-state index contributed by atoms with van der Waals surface area (Å²) in [6.07, 6.45) is 12.1. The molecule has 1 N–H and O–H groups in total. The van der Waals surface area contributed by atoms with Crippen LogP contribution in [0.1, 0.15) is 39.5 Å². The number of nitrogens with zero attached hydrogens (tertiary/aromatic N) is 1. The highest BCUT2D eigenvalue weighted by Crippen LogP contribution is 2.09. The number of oxime groups is 1. The van der Waals surface area contributed by atoms with Gasteiger partial charge in [-0.1, -0.05) is 37.1 Å². The van der Waals surface area contributed by atoms with E-state index in [0.717, 1.165) is 6.42 Å². The summed E-state index contributed by atoms with van der Waals surface area (Å²) in [5.41, 5.74) is 1.22. The maximum Gasteiger partial charge on any atom is 0.0664 e. The lowest BCUT2D eigenvalue weighted by Crippen LogP contribution is -1.81. The molecule has 0 aliphatic heterocycles. The summed E-state index contributed by atoms with van der Waals surface area (Å²) < 4.78 is 0. The van der Waals surface area contributed by atoms with Gasteiger partial charge in [0.2, 0.25) is 0 Å². The van der Waals surface area contributed by atoms with Gasteiger partial charge in [-0.15, -0.1) is 0 Å². The van der Waals surface area contributed by atoms with Crippen molar-refractivity contribution in [1.29, 1.82) is 0 Å². The molecule has 0 rings (SSSR count). The van der Waals surface area contributed by atoms with E-state index in [2.05, 4.69) is 18.2 Å². The molecular weight excluding hydrogens is 162 g/mol. The molecule has 2 heteroatoms. The Morgan fingerprint density at radius 2 is 2.15 bits per heavy atom. The highest BCUT2D eigenvalue weighted by molar-refractivity contribution is 5.72. The fourth-order valence-electron chi connectivity index (χ4n) is 1.14. The normalized spacial score (nSPS) is 13.2. The van der Waals surface area contributed by atoms with Crippen LogP contribution in [0.15, 0.2) is 29.0 Å². The Hall–Kier alpha value is -1.05. The first-order chi connectivity index (χ1) is 6.35. The zero-order valence-corrected chi connectivity index (χ0v) is 8.53. The molecule has 0 spiro atoms. The highest BCUT2D eigenvalue weighted by atomic mass is 16.4. The second kappa shape index (κ2) is 9.04. The summed E-state index contributed by atoms with van der Waals surface area (Å²) in [5.74, 6) is 0. The van der Waals surface area contributed by atoms with Crippen LogP contribution in [0.4, 0.5) is 0 Å². The van der Waals surface area contributed by atoms with Crippen LogP contribution in [0.3, 0.4) is 0 Å². The summed E-state index contributed by atoms with van der Waals surface area (Å²) in [4.78, 5) is 0. The molecule has 0 radical (unpaired) electrons. The van der Waals surface area contributed by atoms with Gasteiger partial charge in [0.15, 0.2) is 0 Å². The monoisotopic (exact) mass is 181 g/mol. The highest BCUT2D eigenvalue weighted by Gasteiger charge is 1.91. The van der Waals surface area contributed by atoms with Crippen LogP contribution >= 0.6 is 0 Å². The first kappa shape index (κ1) is 11.9. The fraction of sp³-hybridized carbons (Fsp3) is 0.545. The van der Waals surface area contributed by atoms with Crippen LogP contribution < -0.4 is 0 Å². The zero-order valence-electron chi connectivity index (χ0n) is 8.53. The predicted molar refractivity (Wildman–Crippen MR) is 57.3 cm³/mol. The summed E-state index contributed by atoms with van der Waals surface area (Å²) in [7, 11) is 0. The molecule has 2 nitrogen and oxygen atoms in total. The smallest absolute Gasteiger partial charge is 0.0664 e. The van der Waals surface area contributed by atoms with Crippen molar-refractivity contribution in [2.24, 2.45) is 5.16 Å². The Morgan fingerprint density at radius 1 is 1.38 bits per heavy atom. The van der Waals surface area contributed by atoms with Gasteiger partial charge in [0.1, 0.15) is 0 Å². The first-order valence-electron chi connectivity index (χ1n) is 4.84. The van der Waals surface area contributed by atoms with Crippen LogP contribution in [0.5, 0.6) is 0 Å². The van der Waals surface area contributed by atoms with Crippen molar-refractivity contribution in [1.82, 2.24) is 0 Å². The Bertz CT molecular complexity index is 192. The van der Waals surface area contributed by atoms with Crippen molar-refractivity contribution >= 4 is 6.21 Å². The lowest BCUT2D eigenvalue weighted by atomic mass is 10.1. The lowest BCUT2D eigenvalue weighted by Gasteiger charge is -1.99. The van der Waals surface area contributed by atoms with Crippen LogP contribution in [0.25, 0.3) is 0 Å². The van der Waals surface area contributed by atoms with Gasteiger partial charge < -0.3 is 5.21 Å². The van der Waals surface area contributed by atoms with Gasteiger partial charge in [0.25, 0.3) is 0 Å². The van der Waals surface area contributed by atoms with Crippen LogP contribution in [-0.4, -0.2) is 11.4 Å². The molecule has 13 heavy (non-hydrogen) atoms. The van der Waals surface area contributed by atoms with Gasteiger partial charge >= 0.3 is 0 Å². The molecule has 0 aliphatic carbocycles. The van der Waals surface area contributed by atoms with Crippen molar-refractivity contribution in [3.8, 4) is 0 Å². The first-order valence-corrected chi connectivity index (χ1v) is 4.84. The van der Waals surface area contributed by atoms with Crippen molar-refractivity contribution < 1.29 is 5.21 Å². The third kappa shape index (κ3) is 7.32. The third-order valence-corrected chi connectivity index (χ3v) is 1.81. The molecule has 0 saturated carbocycles. The maximum absolute atomic E-state index is 8.26. The van der Waals surface area contributed by atoms with Gasteiger partial charge in [-0.3, -0.25) is 0 Å². The Kier molecular flexibility index (Phi) is 8.31. The standard InChI is InChI=1S/C11H19NO/c1-3-5-6-8-11(7-4-2)9-10-12-13/h4,7,9-10,13H,3,5-6,8H2,1-2H3/b7-4-,11-9+,12-10+. The number of rotatable bonds is 6. The van der Waals surface area contributed by atoms with E-state index in [1.807, 2.05) is 19.1 Å². The van der Waals surface area contributed by atoms with Crippen molar-refractivity contribution in [3.05, 3.63) is 23.8 Å². The van der Waals surface area contributed by atoms with E-state index in [1.54, 1.807) is 0 Å². The minimum absolute atomic E-state index is 1.06. The number of allylic oxidation sites excluding steroid dienone is 4. The topological polar surface area (TPSA) is 32.6 Å². The van der Waals surface area contributed by atoms with E-state index in [9.17, 15) is 0 Å². The number of hydrogen-bond donors (Lipinski definition) is 1. The minimum atomic E-state index is 1.06. The van der Waals surface area contributed by atoms with E-state index in [4.69, 9.17) is 5.21 Å². The van der Waals surface area contributed by atoms with Crippen molar-refractivity contribution in [2.45, 2.75) is 39.5 Å². The summed E-state index contributed by atoms with van der Waals surface area (Å²) >= 11 is 0. The SMILES string of the molecule is C\C=C/C(=C\C=N\O)CCCCC. The van der Waals surface area contributed by atoms with Crippen LogP contribution in [0.2, 0.25) is 0 Å². The molecule has 0 unspecified atom stereocenters. The molecule has 0 atom stereocenters. The molecular formula is C11H19NO. The van der Waals surface area contributed by atoms with E-state index in [1.165, 1.54) is 31.1 Å². The van der Waals surface area contributed by atoms with Crippen LogP contribution in [-0.2, 0) is 0 Å². The van der Waals surface area contributed by atoms with Crippen molar-refractivity contribution in [3.63, 3.8) is 0 Å². The molecule has 0 aromatic heterocycles. The maximum atomic E-state index is 8.26. The second-order valence-electron chi connectivity index (χ2n) is 2.96. The van der Waals surface area contributed by atoms with Crippen LogP contribution in [0, 0.1) is 0 Å². The molecule has 0 fully saturated rings. The molecule has 0 heterocycles. The zero-order chi connectivity index (χ0) is 9.94.